The van der Waals surface area contributed by atoms with Crippen LogP contribution in [0, 0.1) is 0 Å². The molecule has 1 fully saturated rings. The number of carbonyl (C=O) groups excluding carboxylic acids is 5. The number of hydrogen-bond acceptors (Lipinski definition) is 7. The number of amides is 5. The summed E-state index contributed by atoms with van der Waals surface area (Å²) in [6.45, 7) is 2.83. The third kappa shape index (κ3) is 5.98. The fourth-order valence-electron chi connectivity index (χ4n) is 4.84. The summed E-state index contributed by atoms with van der Waals surface area (Å²) in [5, 5.41) is 12.2. The van der Waals surface area contributed by atoms with Crippen LogP contribution in [0.5, 0.6) is 0 Å². The summed E-state index contributed by atoms with van der Waals surface area (Å²) in [6, 6.07) is 4.31. The monoisotopic (exact) mass is 577 g/mol. The maximum atomic E-state index is 13.1. The van der Waals surface area contributed by atoms with E-state index in [-0.39, 0.29) is 35.4 Å². The Morgan fingerprint density at radius 2 is 1.78 bits per heavy atom. The van der Waals surface area contributed by atoms with Crippen LogP contribution in [0.15, 0.2) is 24.4 Å². The lowest BCUT2D eigenvalue weighted by Gasteiger charge is -2.38. The maximum absolute atomic E-state index is 13.1. The first-order valence-electron chi connectivity index (χ1n) is 12.7. The Bertz CT molecular complexity index is 1430. The molecule has 3 aliphatic rings. The Labute approximate surface area is 230 Å². The third-order valence-electron chi connectivity index (χ3n) is 7.09. The van der Waals surface area contributed by atoms with Crippen LogP contribution < -0.4 is 10.6 Å². The zero-order valence-electron chi connectivity index (χ0n) is 21.8. The molecular formula is C26H26F3N5O7. The Balaban J connectivity index is 0.000000493. The highest BCUT2D eigenvalue weighted by molar-refractivity contribution is 6.24. The van der Waals surface area contributed by atoms with E-state index >= 15 is 0 Å². The highest BCUT2D eigenvalue weighted by Crippen LogP contribution is 2.34. The summed E-state index contributed by atoms with van der Waals surface area (Å²) in [4.78, 5) is 77.2. The number of hydrogen-bond donors (Lipinski definition) is 3. The van der Waals surface area contributed by atoms with Crippen molar-refractivity contribution in [3.8, 4) is 0 Å². The lowest BCUT2D eigenvalue weighted by molar-refractivity contribution is -0.192. The molecule has 3 aliphatic heterocycles. The molecule has 2 aromatic rings. The number of fused-ring (bicyclic) bond motifs is 2. The van der Waals surface area contributed by atoms with Crippen LogP contribution in [0.25, 0.3) is 0 Å². The molecule has 1 atom stereocenters. The number of carbonyl (C=O) groups is 6. The van der Waals surface area contributed by atoms with Crippen LogP contribution in [0.1, 0.15) is 75.2 Å². The molecule has 41 heavy (non-hydrogen) atoms. The maximum Gasteiger partial charge on any atom is 0.490 e. The number of aryl methyl sites for hydroxylation is 2. The number of imide groups is 2. The molecule has 12 nitrogen and oxygen atoms in total. The predicted octanol–water partition coefficient (Wildman–Crippen LogP) is 1.62. The van der Waals surface area contributed by atoms with Gasteiger partial charge >= 0.3 is 12.1 Å². The average molecular weight is 578 g/mol. The van der Waals surface area contributed by atoms with E-state index in [1.165, 1.54) is 25.1 Å². The molecule has 1 aromatic heterocycles. The Morgan fingerprint density at radius 3 is 2.41 bits per heavy atom. The topological polar surface area (TPSA) is 168 Å². The van der Waals surface area contributed by atoms with Crippen LogP contribution in [0.3, 0.4) is 0 Å². The van der Waals surface area contributed by atoms with Gasteiger partial charge in [0.15, 0.2) is 0 Å². The van der Waals surface area contributed by atoms with E-state index in [0.29, 0.717) is 13.0 Å². The molecule has 4 heterocycles. The Kier molecular flexibility index (Phi) is 7.99. The number of piperidine rings is 1. The molecule has 5 rings (SSSR count). The molecule has 218 valence electrons. The molecule has 0 saturated carbocycles. The largest absolute Gasteiger partial charge is 0.490 e. The number of carboxylic acids is 1. The van der Waals surface area contributed by atoms with E-state index in [2.05, 4.69) is 20.2 Å². The number of aromatic nitrogens is 2. The number of benzene rings is 1. The molecule has 15 heteroatoms. The van der Waals surface area contributed by atoms with Crippen LogP contribution in [0.4, 0.5) is 13.2 Å². The fraction of sp³-hybridized carbons (Fsp3) is 0.423. The summed E-state index contributed by atoms with van der Waals surface area (Å²) in [7, 11) is 0. The van der Waals surface area contributed by atoms with Gasteiger partial charge < -0.3 is 15.0 Å². The van der Waals surface area contributed by atoms with Crippen molar-refractivity contribution < 1.29 is 47.0 Å². The van der Waals surface area contributed by atoms with Crippen LogP contribution in [-0.4, -0.2) is 73.3 Å². The van der Waals surface area contributed by atoms with Crippen molar-refractivity contribution >= 4 is 35.5 Å². The molecule has 1 aromatic carbocycles. The minimum Gasteiger partial charge on any atom is -0.475 e. The van der Waals surface area contributed by atoms with Gasteiger partial charge in [-0.05, 0) is 44.4 Å². The number of imidazole rings is 1. The van der Waals surface area contributed by atoms with Crippen molar-refractivity contribution in [3.63, 3.8) is 0 Å². The summed E-state index contributed by atoms with van der Waals surface area (Å²) in [5.74, 6) is -4.41. The molecular weight excluding hydrogens is 551 g/mol. The van der Waals surface area contributed by atoms with Crippen molar-refractivity contribution in [2.75, 3.05) is 6.54 Å². The Hall–Kier alpha value is -4.56. The number of aliphatic carboxylic acids is 1. The number of halogens is 3. The Morgan fingerprint density at radius 1 is 1.10 bits per heavy atom. The molecule has 1 saturated heterocycles. The van der Waals surface area contributed by atoms with Crippen molar-refractivity contribution in [3.05, 3.63) is 52.6 Å². The quantitative estimate of drug-likeness (QED) is 0.451. The zero-order chi connectivity index (χ0) is 30.1. The lowest BCUT2D eigenvalue weighted by Crippen LogP contribution is -2.62. The smallest absolute Gasteiger partial charge is 0.475 e. The number of rotatable bonds is 5. The van der Waals surface area contributed by atoms with Crippen LogP contribution in [-0.2, 0) is 33.8 Å². The van der Waals surface area contributed by atoms with Crippen molar-refractivity contribution in [2.45, 2.75) is 63.7 Å². The van der Waals surface area contributed by atoms with Crippen molar-refractivity contribution in [1.82, 2.24) is 25.1 Å². The van der Waals surface area contributed by atoms with E-state index in [1.54, 1.807) is 0 Å². The van der Waals surface area contributed by atoms with Gasteiger partial charge in [-0.3, -0.25) is 34.2 Å². The summed E-state index contributed by atoms with van der Waals surface area (Å²) in [5.41, 5.74) is -0.0754. The standard InChI is InChI=1S/C24H25N5O5.C2HF3O2/c1-24(9-7-19(30)27-23(24)34)29-21(32)16-6-5-14(12-17(16)22(29)33)20(31)25-10-8-15-13-28-11-3-2-4-18(28)26-15;3-2(4,5)1(6)7/h5-6,12-13H,2-4,7-11H2,1H3,(H,25,31)(H,27,30,34);(H,6,7). The average Bonchev–Trinajstić information content (AvgIpc) is 3.44. The number of alkyl halides is 3. The number of nitrogens with one attached hydrogen (secondary N) is 2. The molecule has 5 amide bonds. The van der Waals surface area contributed by atoms with E-state index in [1.807, 2.05) is 6.20 Å². The second-order valence-corrected chi connectivity index (χ2v) is 9.97. The first kappa shape index (κ1) is 29.4. The van der Waals surface area contributed by atoms with Gasteiger partial charge in [0.05, 0.1) is 16.8 Å². The van der Waals surface area contributed by atoms with Crippen molar-refractivity contribution in [1.29, 1.82) is 0 Å². The second kappa shape index (κ2) is 11.1. The normalized spacial score (nSPS) is 20.0. The first-order valence-corrected chi connectivity index (χ1v) is 12.7. The molecule has 0 spiro atoms. The molecule has 0 bridgehead atoms. The van der Waals surface area contributed by atoms with Gasteiger partial charge in [0, 0.05) is 44.1 Å². The SMILES string of the molecule is CC1(N2C(=O)c3ccc(C(=O)NCCc4cn5c(n4)CCCC5)cc3C2=O)CCC(=O)NC1=O.O=C(O)C(F)(F)F. The van der Waals surface area contributed by atoms with E-state index in [4.69, 9.17) is 9.90 Å². The van der Waals surface area contributed by atoms with Gasteiger partial charge in [-0.2, -0.15) is 13.2 Å². The van der Waals surface area contributed by atoms with Crippen LogP contribution in [0.2, 0.25) is 0 Å². The molecule has 0 aliphatic carbocycles. The van der Waals surface area contributed by atoms with Gasteiger partial charge in [-0.15, -0.1) is 0 Å². The van der Waals surface area contributed by atoms with Gasteiger partial charge in [0.25, 0.3) is 23.6 Å². The molecule has 3 N–H and O–H groups in total. The summed E-state index contributed by atoms with van der Waals surface area (Å²) in [6.07, 6.45) is 0.891. The lowest BCUT2D eigenvalue weighted by atomic mass is 9.89. The van der Waals surface area contributed by atoms with E-state index in [9.17, 15) is 37.1 Å². The summed E-state index contributed by atoms with van der Waals surface area (Å²) >= 11 is 0. The van der Waals surface area contributed by atoms with Gasteiger partial charge in [0.1, 0.15) is 11.4 Å². The summed E-state index contributed by atoms with van der Waals surface area (Å²) < 4.78 is 33.9. The number of nitrogens with zero attached hydrogens (tertiary/aromatic N) is 3. The minimum absolute atomic E-state index is 0.0308. The van der Waals surface area contributed by atoms with Crippen molar-refractivity contribution in [2.24, 2.45) is 0 Å². The van der Waals surface area contributed by atoms with Gasteiger partial charge in [0.2, 0.25) is 5.91 Å². The third-order valence-corrected chi connectivity index (χ3v) is 7.09. The fourth-order valence-corrected chi connectivity index (χ4v) is 4.84. The second-order valence-electron chi connectivity index (χ2n) is 9.97. The van der Waals surface area contributed by atoms with E-state index in [0.717, 1.165) is 42.2 Å². The molecule has 1 unspecified atom stereocenters. The van der Waals surface area contributed by atoms with Gasteiger partial charge in [-0.25, -0.2) is 9.78 Å². The predicted molar refractivity (Wildman–Crippen MR) is 133 cm³/mol. The van der Waals surface area contributed by atoms with Gasteiger partial charge in [-0.1, -0.05) is 0 Å². The first-order chi connectivity index (χ1) is 19.2. The molecule has 0 radical (unpaired) electrons. The van der Waals surface area contributed by atoms with E-state index < -0.39 is 41.3 Å². The highest BCUT2D eigenvalue weighted by Gasteiger charge is 2.52. The minimum atomic E-state index is -5.08. The zero-order valence-corrected chi connectivity index (χ0v) is 21.8. The highest BCUT2D eigenvalue weighted by atomic mass is 19.4. The number of carboxylic acid groups (broad SMARTS) is 1. The van der Waals surface area contributed by atoms with Crippen LogP contribution >= 0.6 is 0 Å².